The van der Waals surface area contributed by atoms with Crippen molar-refractivity contribution in [1.82, 2.24) is 0 Å². The maximum absolute atomic E-state index is 9.08. The van der Waals surface area contributed by atoms with Gasteiger partial charge in [-0.25, -0.2) is 0 Å². The number of aliphatic hydroxyl groups excluding tert-OH is 1. The van der Waals surface area contributed by atoms with E-state index in [1.54, 1.807) is 0 Å². The van der Waals surface area contributed by atoms with Crippen LogP contribution in [0.25, 0.3) is 0 Å². The monoisotopic (exact) mass is 236 g/mol. The summed E-state index contributed by atoms with van der Waals surface area (Å²) in [6.07, 6.45) is 4.73. The number of hydrogen-bond donors (Lipinski definition) is 3. The minimum Gasteiger partial charge on any atom is -0.392 e. The molecular weight excluding hydrogens is 212 g/mol. The third kappa shape index (κ3) is 5.20. The van der Waals surface area contributed by atoms with Crippen LogP contribution in [0.3, 0.4) is 0 Å². The zero-order chi connectivity index (χ0) is 12.5. The number of nitrogens with one attached hydrogen (secondary N) is 1. The summed E-state index contributed by atoms with van der Waals surface area (Å²) >= 11 is 0. The highest BCUT2D eigenvalue weighted by molar-refractivity contribution is 5.52. The molecule has 0 spiro atoms. The molecule has 1 rings (SSSR count). The number of anilines is 1. The molecule has 3 nitrogen and oxygen atoms in total. The molecule has 0 aromatic heterocycles. The molecule has 0 amide bonds. The van der Waals surface area contributed by atoms with Crippen LogP contribution in [0.15, 0.2) is 18.2 Å². The number of benzene rings is 1. The summed E-state index contributed by atoms with van der Waals surface area (Å²) in [6.45, 7) is 3.97. The van der Waals surface area contributed by atoms with E-state index in [1.165, 1.54) is 24.8 Å². The number of aliphatic hydroxyl groups is 1. The first-order valence-corrected chi connectivity index (χ1v) is 6.42. The highest BCUT2D eigenvalue weighted by atomic mass is 16.3. The molecule has 0 atom stereocenters. The molecule has 1 aromatic carbocycles. The van der Waals surface area contributed by atoms with Crippen LogP contribution in [0.2, 0.25) is 0 Å². The second-order valence-electron chi connectivity index (χ2n) is 4.44. The van der Waals surface area contributed by atoms with Gasteiger partial charge in [0.15, 0.2) is 0 Å². The Bertz CT molecular complexity index is 326. The Kier molecular flexibility index (Phi) is 6.67. The van der Waals surface area contributed by atoms with Crippen LogP contribution < -0.4 is 11.1 Å². The summed E-state index contributed by atoms with van der Waals surface area (Å²) in [5, 5.41) is 12.5. The molecule has 0 aliphatic carbocycles. The molecule has 4 N–H and O–H groups in total. The van der Waals surface area contributed by atoms with E-state index >= 15 is 0 Å². The molecule has 0 fully saturated rings. The lowest BCUT2D eigenvalue weighted by Gasteiger charge is -2.10. The van der Waals surface area contributed by atoms with Crippen LogP contribution in [0.5, 0.6) is 0 Å². The number of rotatable bonds is 8. The molecular formula is C14H24N2O. The smallest absolute Gasteiger partial charge is 0.0682 e. The molecule has 3 heteroatoms. The summed E-state index contributed by atoms with van der Waals surface area (Å²) in [6, 6.07) is 6.03. The highest BCUT2D eigenvalue weighted by Gasteiger charge is 1.99. The van der Waals surface area contributed by atoms with Crippen LogP contribution in [0.4, 0.5) is 5.69 Å². The Morgan fingerprint density at radius 3 is 2.65 bits per heavy atom. The maximum Gasteiger partial charge on any atom is 0.0682 e. The van der Waals surface area contributed by atoms with Gasteiger partial charge in [-0.15, -0.1) is 0 Å². The summed E-state index contributed by atoms with van der Waals surface area (Å²) in [5.74, 6) is 0. The second-order valence-corrected chi connectivity index (χ2v) is 4.44. The maximum atomic E-state index is 9.08. The lowest BCUT2D eigenvalue weighted by Crippen LogP contribution is -2.04. The molecule has 96 valence electrons. The van der Waals surface area contributed by atoms with Crippen molar-refractivity contribution in [3.05, 3.63) is 29.3 Å². The lowest BCUT2D eigenvalue weighted by atomic mass is 10.1. The Morgan fingerprint density at radius 2 is 1.94 bits per heavy atom. The van der Waals surface area contributed by atoms with E-state index in [0.29, 0.717) is 0 Å². The van der Waals surface area contributed by atoms with Crippen LogP contribution in [0, 0.1) is 6.92 Å². The first-order valence-electron chi connectivity index (χ1n) is 6.42. The van der Waals surface area contributed by atoms with Crippen molar-refractivity contribution in [3.63, 3.8) is 0 Å². The van der Waals surface area contributed by atoms with Gasteiger partial charge in [-0.3, -0.25) is 0 Å². The van der Waals surface area contributed by atoms with E-state index in [9.17, 15) is 0 Å². The van der Waals surface area contributed by atoms with Gasteiger partial charge >= 0.3 is 0 Å². The molecule has 17 heavy (non-hydrogen) atoms. The van der Waals surface area contributed by atoms with Gasteiger partial charge in [-0.2, -0.15) is 0 Å². The van der Waals surface area contributed by atoms with Crippen molar-refractivity contribution in [3.8, 4) is 0 Å². The average molecular weight is 236 g/mol. The molecule has 0 radical (unpaired) electrons. The molecule has 1 aromatic rings. The Balaban J connectivity index is 2.30. The number of aryl methyl sites for hydroxylation is 1. The van der Waals surface area contributed by atoms with Crippen molar-refractivity contribution in [1.29, 1.82) is 0 Å². The van der Waals surface area contributed by atoms with Gasteiger partial charge in [0.2, 0.25) is 0 Å². The fraction of sp³-hybridized carbons (Fsp3) is 0.571. The fourth-order valence-corrected chi connectivity index (χ4v) is 1.80. The predicted octanol–water partition coefficient (Wildman–Crippen LogP) is 2.42. The molecule has 0 aliphatic rings. The molecule has 0 bridgehead atoms. The lowest BCUT2D eigenvalue weighted by molar-refractivity contribution is 0.282. The summed E-state index contributed by atoms with van der Waals surface area (Å²) in [4.78, 5) is 0. The van der Waals surface area contributed by atoms with Gasteiger partial charge in [0, 0.05) is 12.2 Å². The average Bonchev–Trinajstić information content (AvgIpc) is 2.35. The Hall–Kier alpha value is -1.06. The van der Waals surface area contributed by atoms with Crippen molar-refractivity contribution in [2.24, 2.45) is 5.73 Å². The molecule has 0 saturated carbocycles. The first kappa shape index (κ1) is 14.0. The fourth-order valence-electron chi connectivity index (χ4n) is 1.80. The van der Waals surface area contributed by atoms with Crippen LogP contribution in [0.1, 0.15) is 36.8 Å². The largest absolute Gasteiger partial charge is 0.392 e. The zero-order valence-corrected chi connectivity index (χ0v) is 10.7. The highest BCUT2D eigenvalue weighted by Crippen LogP contribution is 2.17. The van der Waals surface area contributed by atoms with Gasteiger partial charge < -0.3 is 16.2 Å². The third-order valence-electron chi connectivity index (χ3n) is 2.93. The van der Waals surface area contributed by atoms with E-state index in [0.717, 1.165) is 30.8 Å². The van der Waals surface area contributed by atoms with Gasteiger partial charge in [0.1, 0.15) is 0 Å². The molecule has 0 unspecified atom stereocenters. The van der Waals surface area contributed by atoms with E-state index in [2.05, 4.69) is 12.2 Å². The van der Waals surface area contributed by atoms with Gasteiger partial charge in [0.25, 0.3) is 0 Å². The molecule has 0 aliphatic heterocycles. The van der Waals surface area contributed by atoms with Crippen LogP contribution in [-0.4, -0.2) is 18.2 Å². The van der Waals surface area contributed by atoms with Crippen LogP contribution in [-0.2, 0) is 6.61 Å². The molecule has 0 saturated heterocycles. The first-order chi connectivity index (χ1) is 8.27. The number of nitrogens with two attached hydrogens (primary N) is 1. The Labute approximate surface area is 104 Å². The Morgan fingerprint density at radius 1 is 1.18 bits per heavy atom. The number of unbranched alkanes of at least 4 members (excludes halogenated alkanes) is 3. The normalized spacial score (nSPS) is 10.5. The van der Waals surface area contributed by atoms with Crippen LogP contribution >= 0.6 is 0 Å². The quantitative estimate of drug-likeness (QED) is 0.608. The summed E-state index contributed by atoms with van der Waals surface area (Å²) in [5.41, 5.74) is 8.77. The van der Waals surface area contributed by atoms with Crippen molar-refractivity contribution in [2.75, 3.05) is 18.4 Å². The topological polar surface area (TPSA) is 58.3 Å². The van der Waals surface area contributed by atoms with Crippen molar-refractivity contribution in [2.45, 2.75) is 39.2 Å². The van der Waals surface area contributed by atoms with Gasteiger partial charge in [-0.1, -0.05) is 25.0 Å². The third-order valence-corrected chi connectivity index (χ3v) is 2.93. The second kappa shape index (κ2) is 8.09. The van der Waals surface area contributed by atoms with E-state index in [1.807, 2.05) is 18.2 Å². The SMILES string of the molecule is Cc1ccc(CO)cc1NCCCCCCN. The van der Waals surface area contributed by atoms with Gasteiger partial charge in [-0.05, 0) is 43.5 Å². The predicted molar refractivity (Wildman–Crippen MR) is 73.1 cm³/mol. The number of hydrogen-bond acceptors (Lipinski definition) is 3. The van der Waals surface area contributed by atoms with E-state index in [4.69, 9.17) is 10.8 Å². The van der Waals surface area contributed by atoms with Gasteiger partial charge in [0.05, 0.1) is 6.61 Å². The zero-order valence-electron chi connectivity index (χ0n) is 10.7. The van der Waals surface area contributed by atoms with E-state index in [-0.39, 0.29) is 6.61 Å². The van der Waals surface area contributed by atoms with E-state index < -0.39 is 0 Å². The summed E-state index contributed by atoms with van der Waals surface area (Å²) < 4.78 is 0. The summed E-state index contributed by atoms with van der Waals surface area (Å²) in [7, 11) is 0. The standard InChI is InChI=1S/C14H24N2O/c1-12-6-7-13(11-17)10-14(12)16-9-5-3-2-4-8-15/h6-7,10,16-17H,2-5,8-9,11,15H2,1H3. The minimum atomic E-state index is 0.103. The minimum absolute atomic E-state index is 0.103. The van der Waals surface area contributed by atoms with Crippen molar-refractivity contribution >= 4 is 5.69 Å². The van der Waals surface area contributed by atoms with Crippen molar-refractivity contribution < 1.29 is 5.11 Å². The molecule has 0 heterocycles.